The van der Waals surface area contributed by atoms with Crippen LogP contribution in [-0.4, -0.2) is 25.8 Å². The van der Waals surface area contributed by atoms with Gasteiger partial charge < -0.3 is 16.4 Å². The van der Waals surface area contributed by atoms with Crippen LogP contribution in [0.5, 0.6) is 0 Å². The molecule has 11 heteroatoms. The maximum Gasteiger partial charge on any atom is 0.255 e. The third-order valence-electron chi connectivity index (χ3n) is 5.71. The number of rotatable bonds is 7. The lowest BCUT2D eigenvalue weighted by Gasteiger charge is -2.16. The fraction of sp³-hybridized carbons (Fsp3) is 0.115. The topological polar surface area (TPSA) is 119 Å². The average Bonchev–Trinajstić information content (AvgIpc) is 3.37. The molecule has 0 saturated carbocycles. The molecule has 37 heavy (non-hydrogen) atoms. The number of aromatic nitrogens is 4. The largest absolute Gasteiger partial charge is 0.383 e. The number of nitrogens with zero attached hydrogens (tertiary/aromatic N) is 4. The number of anilines is 2. The van der Waals surface area contributed by atoms with E-state index in [4.69, 9.17) is 5.73 Å². The summed E-state index contributed by atoms with van der Waals surface area (Å²) in [5, 5.41) is 6.66. The fourth-order valence-corrected chi connectivity index (χ4v) is 4.67. The van der Waals surface area contributed by atoms with Crippen LogP contribution in [0.3, 0.4) is 0 Å². The number of hydrogen-bond acceptors (Lipinski definition) is 8. The summed E-state index contributed by atoms with van der Waals surface area (Å²) >= 11 is 1.51. The van der Waals surface area contributed by atoms with E-state index in [2.05, 4.69) is 30.6 Å². The second-order valence-electron chi connectivity index (χ2n) is 8.26. The first-order chi connectivity index (χ1) is 17.9. The predicted octanol–water partition coefficient (Wildman–Crippen LogP) is 5.11. The lowest BCUT2D eigenvalue weighted by Crippen LogP contribution is -2.28. The minimum absolute atomic E-state index is 0.0670. The molecule has 0 aliphatic heterocycles. The van der Waals surface area contributed by atoms with Gasteiger partial charge in [-0.3, -0.25) is 9.78 Å². The van der Waals surface area contributed by atoms with Gasteiger partial charge in [0.15, 0.2) is 0 Å². The Balaban J connectivity index is 1.31. The molecule has 8 nitrogen and oxygen atoms in total. The van der Waals surface area contributed by atoms with Crippen LogP contribution in [0.15, 0.2) is 67.3 Å². The van der Waals surface area contributed by atoms with Gasteiger partial charge in [-0.25, -0.2) is 23.7 Å². The fourth-order valence-electron chi connectivity index (χ4n) is 3.76. The molecule has 1 aromatic carbocycles. The summed E-state index contributed by atoms with van der Waals surface area (Å²) in [5.41, 5.74) is 8.16. The van der Waals surface area contributed by atoms with Crippen LogP contribution < -0.4 is 16.4 Å². The van der Waals surface area contributed by atoms with E-state index in [1.54, 1.807) is 25.3 Å². The molecule has 5 aromatic rings. The van der Waals surface area contributed by atoms with Gasteiger partial charge in [0, 0.05) is 10.3 Å². The molecule has 1 atom stereocenters. The number of hydrogen-bond donors (Lipinski definition) is 3. The molecule has 4 N–H and O–H groups in total. The normalized spacial score (nSPS) is 11.9. The highest BCUT2D eigenvalue weighted by molar-refractivity contribution is 7.15. The van der Waals surface area contributed by atoms with Gasteiger partial charge in [0.05, 0.1) is 46.6 Å². The number of fused-ring (bicyclic) bond motifs is 1. The lowest BCUT2D eigenvalue weighted by atomic mass is 10.1. The SMILES string of the molecule is C[C@H](NC(=O)c1cc(F)cnc1NCc1ccc(-c2cc3c(N)ncnc3cn2)s1)c1ccc(F)cc1. The van der Waals surface area contributed by atoms with Gasteiger partial charge in [0.1, 0.15) is 29.6 Å². The van der Waals surface area contributed by atoms with E-state index in [9.17, 15) is 13.6 Å². The van der Waals surface area contributed by atoms with Crippen molar-refractivity contribution in [3.05, 3.63) is 94.9 Å². The van der Waals surface area contributed by atoms with Crippen molar-refractivity contribution in [3.63, 3.8) is 0 Å². The van der Waals surface area contributed by atoms with Crippen LogP contribution >= 0.6 is 11.3 Å². The van der Waals surface area contributed by atoms with Gasteiger partial charge in [-0.1, -0.05) is 12.1 Å². The molecule has 0 spiro atoms. The maximum atomic E-state index is 14.0. The molecule has 0 aliphatic rings. The smallest absolute Gasteiger partial charge is 0.255 e. The number of nitrogens with two attached hydrogens (primary N) is 1. The van der Waals surface area contributed by atoms with Gasteiger partial charge in [0.25, 0.3) is 5.91 Å². The van der Waals surface area contributed by atoms with Crippen molar-refractivity contribution < 1.29 is 13.6 Å². The van der Waals surface area contributed by atoms with Gasteiger partial charge in [-0.2, -0.15) is 0 Å². The molecule has 5 rings (SSSR count). The zero-order valence-electron chi connectivity index (χ0n) is 19.6. The molecule has 0 bridgehead atoms. The Labute approximate surface area is 214 Å². The van der Waals surface area contributed by atoms with Crippen LogP contribution in [0.2, 0.25) is 0 Å². The molecular formula is C26H21F2N7OS. The minimum atomic E-state index is -0.630. The van der Waals surface area contributed by atoms with Crippen molar-refractivity contribution in [2.24, 2.45) is 0 Å². The molecule has 1 amide bonds. The van der Waals surface area contributed by atoms with E-state index in [0.717, 1.165) is 38.7 Å². The Morgan fingerprint density at radius 1 is 1.00 bits per heavy atom. The van der Waals surface area contributed by atoms with Crippen LogP contribution in [0.1, 0.15) is 33.8 Å². The zero-order valence-corrected chi connectivity index (χ0v) is 20.4. The third-order valence-corrected chi connectivity index (χ3v) is 6.82. The highest BCUT2D eigenvalue weighted by Gasteiger charge is 2.18. The van der Waals surface area contributed by atoms with Crippen LogP contribution in [-0.2, 0) is 6.54 Å². The first-order valence-corrected chi connectivity index (χ1v) is 12.1. The molecule has 0 radical (unpaired) electrons. The van der Waals surface area contributed by atoms with Crippen LogP contribution in [0.25, 0.3) is 21.5 Å². The number of thiophene rings is 1. The third kappa shape index (κ3) is 5.36. The first-order valence-electron chi connectivity index (χ1n) is 11.3. The standard InChI is InChI=1S/C26H21F2N7OS/c1-14(15-2-4-16(27)5-3-15)35-26(36)20-8-17(28)10-31-25(20)32-11-18-6-7-23(37-18)21-9-19-22(12-30-21)33-13-34-24(19)29/h2-10,12-14H,11H2,1H3,(H,31,32)(H,35,36)(H2,29,33,34)/t14-/m0/s1. The summed E-state index contributed by atoms with van der Waals surface area (Å²) in [6.45, 7) is 2.12. The van der Waals surface area contributed by atoms with E-state index in [0.29, 0.717) is 17.9 Å². The minimum Gasteiger partial charge on any atom is -0.383 e. The predicted molar refractivity (Wildman–Crippen MR) is 139 cm³/mol. The number of nitrogen functional groups attached to an aromatic ring is 1. The van der Waals surface area contributed by atoms with Gasteiger partial charge >= 0.3 is 0 Å². The molecule has 4 aromatic heterocycles. The summed E-state index contributed by atoms with van der Waals surface area (Å²) in [4.78, 5) is 31.6. The summed E-state index contributed by atoms with van der Waals surface area (Å²) in [7, 11) is 0. The summed E-state index contributed by atoms with van der Waals surface area (Å²) in [6.07, 6.45) is 4.10. The van der Waals surface area contributed by atoms with Gasteiger partial charge in [-0.15, -0.1) is 11.3 Å². The van der Waals surface area contributed by atoms with E-state index in [1.807, 2.05) is 18.2 Å². The van der Waals surface area contributed by atoms with Gasteiger partial charge in [-0.05, 0) is 48.9 Å². The Morgan fingerprint density at radius 3 is 2.62 bits per heavy atom. The molecule has 0 saturated heterocycles. The Kier molecular flexibility index (Phi) is 6.69. The van der Waals surface area contributed by atoms with Crippen molar-refractivity contribution in [3.8, 4) is 10.6 Å². The average molecular weight is 518 g/mol. The van der Waals surface area contributed by atoms with E-state index in [-0.39, 0.29) is 17.2 Å². The molecular weight excluding hydrogens is 496 g/mol. The monoisotopic (exact) mass is 517 g/mol. The number of halogens is 2. The molecule has 0 unspecified atom stereocenters. The highest BCUT2D eigenvalue weighted by atomic mass is 32.1. The van der Waals surface area contributed by atoms with E-state index < -0.39 is 17.8 Å². The van der Waals surface area contributed by atoms with Crippen LogP contribution in [0.4, 0.5) is 20.4 Å². The Bertz CT molecular complexity index is 1590. The summed E-state index contributed by atoms with van der Waals surface area (Å²) in [6, 6.07) is 12.2. The number of benzene rings is 1. The maximum absolute atomic E-state index is 14.0. The highest BCUT2D eigenvalue weighted by Crippen LogP contribution is 2.30. The Morgan fingerprint density at radius 2 is 1.81 bits per heavy atom. The molecule has 0 fully saturated rings. The number of pyridine rings is 2. The molecule has 4 heterocycles. The van der Waals surface area contributed by atoms with Crippen LogP contribution in [0, 0.1) is 11.6 Å². The summed E-state index contributed by atoms with van der Waals surface area (Å²) in [5.74, 6) is -0.871. The van der Waals surface area contributed by atoms with Crippen molar-refractivity contribution in [2.45, 2.75) is 19.5 Å². The second-order valence-corrected chi connectivity index (χ2v) is 9.43. The number of amides is 1. The number of nitrogens with one attached hydrogen (secondary N) is 2. The summed E-state index contributed by atoms with van der Waals surface area (Å²) < 4.78 is 27.2. The van der Waals surface area contributed by atoms with E-state index in [1.165, 1.54) is 29.8 Å². The number of carbonyl (C=O) groups excluding carboxylic acids is 1. The van der Waals surface area contributed by atoms with E-state index >= 15 is 0 Å². The van der Waals surface area contributed by atoms with Crippen molar-refractivity contribution >= 4 is 39.8 Å². The lowest BCUT2D eigenvalue weighted by molar-refractivity contribution is 0.0940. The molecule has 186 valence electrons. The first kappa shape index (κ1) is 24.2. The van der Waals surface area contributed by atoms with Crippen molar-refractivity contribution in [2.75, 3.05) is 11.1 Å². The van der Waals surface area contributed by atoms with Crippen molar-refractivity contribution in [1.82, 2.24) is 25.3 Å². The zero-order chi connectivity index (χ0) is 25.9. The van der Waals surface area contributed by atoms with Crippen molar-refractivity contribution in [1.29, 1.82) is 0 Å². The molecule has 0 aliphatic carbocycles. The Hall–Kier alpha value is -4.51. The number of carbonyl (C=O) groups is 1. The van der Waals surface area contributed by atoms with Gasteiger partial charge in [0.2, 0.25) is 0 Å². The quantitative estimate of drug-likeness (QED) is 0.274. The second kappa shape index (κ2) is 10.2.